The predicted octanol–water partition coefficient (Wildman–Crippen LogP) is 2.94. The van der Waals surface area contributed by atoms with Crippen LogP contribution in [0.4, 0.5) is 8.78 Å². The largest absolute Gasteiger partial charge is 0.361 e. The molecule has 2 heterocycles. The van der Waals surface area contributed by atoms with Crippen LogP contribution in [0, 0.1) is 25.5 Å². The maximum Gasteiger partial charge on any atom is 0.191 e. The van der Waals surface area contributed by atoms with Crippen molar-refractivity contribution in [1.82, 2.24) is 20.7 Å². The number of aliphatic imine (C=N–C) groups is 1. The van der Waals surface area contributed by atoms with Gasteiger partial charge >= 0.3 is 0 Å². The average Bonchev–Trinajstić information content (AvgIpc) is 3.03. The third-order valence-corrected chi connectivity index (χ3v) is 5.39. The van der Waals surface area contributed by atoms with Crippen LogP contribution in [-0.2, 0) is 13.0 Å². The Morgan fingerprint density at radius 2 is 2.00 bits per heavy atom. The Bertz CT molecular complexity index is 824. The molecular formula is C21H29F2N5O. The highest BCUT2D eigenvalue weighted by Gasteiger charge is 2.20. The normalized spacial score (nSPS) is 16.2. The van der Waals surface area contributed by atoms with Crippen molar-refractivity contribution in [1.29, 1.82) is 0 Å². The first-order chi connectivity index (χ1) is 14.0. The first-order valence-corrected chi connectivity index (χ1v) is 10.0. The molecule has 0 bridgehead atoms. The van der Waals surface area contributed by atoms with E-state index in [4.69, 9.17) is 4.52 Å². The fourth-order valence-electron chi connectivity index (χ4n) is 3.68. The van der Waals surface area contributed by atoms with Gasteiger partial charge in [0, 0.05) is 44.8 Å². The van der Waals surface area contributed by atoms with Gasteiger partial charge in [-0.3, -0.25) is 9.89 Å². The van der Waals surface area contributed by atoms with E-state index in [1.54, 1.807) is 13.1 Å². The summed E-state index contributed by atoms with van der Waals surface area (Å²) >= 11 is 0. The standard InChI is InChI=1S/C21H29F2N5O/c1-14-18(15(2)29-27-14)6-9-25-21(24-3)26-17-7-10-28(11-8-17)13-16-4-5-19(22)20(23)12-16/h4-5,12,17H,6-11,13H2,1-3H3,(H2,24,25,26). The number of hydrogen-bond donors (Lipinski definition) is 2. The van der Waals surface area contributed by atoms with Crippen molar-refractivity contribution in [2.45, 2.75) is 45.7 Å². The highest BCUT2D eigenvalue weighted by molar-refractivity contribution is 5.79. The van der Waals surface area contributed by atoms with E-state index in [1.807, 2.05) is 13.8 Å². The van der Waals surface area contributed by atoms with Crippen molar-refractivity contribution in [2.75, 3.05) is 26.7 Å². The molecule has 0 saturated carbocycles. The van der Waals surface area contributed by atoms with E-state index in [2.05, 4.69) is 25.7 Å². The quantitative estimate of drug-likeness (QED) is 0.571. The second-order valence-electron chi connectivity index (χ2n) is 7.49. The Morgan fingerprint density at radius 3 is 2.62 bits per heavy atom. The van der Waals surface area contributed by atoms with Gasteiger partial charge in [-0.15, -0.1) is 0 Å². The molecule has 1 aliphatic rings. The zero-order chi connectivity index (χ0) is 20.8. The summed E-state index contributed by atoms with van der Waals surface area (Å²) in [5.41, 5.74) is 2.87. The molecule has 0 aliphatic carbocycles. The molecule has 0 spiro atoms. The molecule has 29 heavy (non-hydrogen) atoms. The molecule has 1 aromatic heterocycles. The predicted molar refractivity (Wildman–Crippen MR) is 109 cm³/mol. The number of nitrogens with zero attached hydrogens (tertiary/aromatic N) is 3. The second kappa shape index (κ2) is 9.82. The van der Waals surface area contributed by atoms with E-state index in [1.165, 1.54) is 12.1 Å². The van der Waals surface area contributed by atoms with E-state index >= 15 is 0 Å². The van der Waals surface area contributed by atoms with Crippen LogP contribution in [0.1, 0.15) is 35.4 Å². The topological polar surface area (TPSA) is 65.7 Å². The Kier molecular flexibility index (Phi) is 7.19. The number of aromatic nitrogens is 1. The maximum atomic E-state index is 13.4. The average molecular weight is 405 g/mol. The lowest BCUT2D eigenvalue weighted by atomic mass is 10.0. The van der Waals surface area contributed by atoms with Gasteiger partial charge in [0.25, 0.3) is 0 Å². The minimum absolute atomic E-state index is 0.335. The fourth-order valence-corrected chi connectivity index (χ4v) is 3.68. The number of likely N-dealkylation sites (tertiary alicyclic amines) is 1. The minimum Gasteiger partial charge on any atom is -0.361 e. The summed E-state index contributed by atoms with van der Waals surface area (Å²) in [6.45, 7) is 7.05. The number of piperidine rings is 1. The summed E-state index contributed by atoms with van der Waals surface area (Å²) in [7, 11) is 1.77. The minimum atomic E-state index is -0.801. The Hall–Kier alpha value is -2.48. The van der Waals surface area contributed by atoms with E-state index in [9.17, 15) is 8.78 Å². The van der Waals surface area contributed by atoms with Crippen LogP contribution in [0.2, 0.25) is 0 Å². The van der Waals surface area contributed by atoms with Crippen LogP contribution < -0.4 is 10.6 Å². The number of rotatable bonds is 6. The lowest BCUT2D eigenvalue weighted by Gasteiger charge is -2.33. The summed E-state index contributed by atoms with van der Waals surface area (Å²) in [4.78, 5) is 6.58. The monoisotopic (exact) mass is 405 g/mol. The smallest absolute Gasteiger partial charge is 0.191 e. The zero-order valence-corrected chi connectivity index (χ0v) is 17.3. The maximum absolute atomic E-state index is 13.4. The van der Waals surface area contributed by atoms with Crippen molar-refractivity contribution in [3.05, 3.63) is 52.4 Å². The lowest BCUT2D eigenvalue weighted by molar-refractivity contribution is 0.198. The molecule has 0 amide bonds. The first-order valence-electron chi connectivity index (χ1n) is 10.0. The van der Waals surface area contributed by atoms with Gasteiger partial charge in [0.2, 0.25) is 0 Å². The van der Waals surface area contributed by atoms with Crippen LogP contribution in [0.25, 0.3) is 0 Å². The van der Waals surface area contributed by atoms with Gasteiger partial charge in [0.05, 0.1) is 5.69 Å². The van der Waals surface area contributed by atoms with Crippen LogP contribution >= 0.6 is 0 Å². The molecule has 0 atom stereocenters. The molecule has 2 N–H and O–H groups in total. The van der Waals surface area contributed by atoms with Crippen LogP contribution in [0.5, 0.6) is 0 Å². The third-order valence-electron chi connectivity index (χ3n) is 5.39. The first kappa shape index (κ1) is 21.2. The summed E-state index contributed by atoms with van der Waals surface area (Å²) in [6, 6.07) is 4.45. The van der Waals surface area contributed by atoms with Gasteiger partial charge in [-0.1, -0.05) is 11.2 Å². The molecule has 1 aliphatic heterocycles. The van der Waals surface area contributed by atoms with Crippen molar-refractivity contribution in [2.24, 2.45) is 4.99 Å². The number of guanidine groups is 1. The highest BCUT2D eigenvalue weighted by Crippen LogP contribution is 2.16. The van der Waals surface area contributed by atoms with Crippen molar-refractivity contribution in [3.8, 4) is 0 Å². The van der Waals surface area contributed by atoms with Gasteiger partial charge in [0.15, 0.2) is 17.6 Å². The van der Waals surface area contributed by atoms with Crippen LogP contribution in [0.15, 0.2) is 27.7 Å². The van der Waals surface area contributed by atoms with Crippen molar-refractivity contribution >= 4 is 5.96 Å². The number of nitrogens with one attached hydrogen (secondary N) is 2. The third kappa shape index (κ3) is 5.76. The summed E-state index contributed by atoms with van der Waals surface area (Å²) < 4.78 is 31.6. The van der Waals surface area contributed by atoms with Crippen LogP contribution in [-0.4, -0.2) is 48.7 Å². The number of halogens is 2. The molecule has 158 valence electrons. The van der Waals surface area contributed by atoms with Gasteiger partial charge in [-0.05, 0) is 50.8 Å². The fraction of sp³-hybridized carbons (Fsp3) is 0.524. The molecule has 0 unspecified atom stereocenters. The number of aryl methyl sites for hydroxylation is 2. The van der Waals surface area contributed by atoms with Gasteiger partial charge in [-0.25, -0.2) is 8.78 Å². The van der Waals surface area contributed by atoms with Crippen molar-refractivity contribution in [3.63, 3.8) is 0 Å². The van der Waals surface area contributed by atoms with E-state index in [-0.39, 0.29) is 0 Å². The Balaban J connectivity index is 1.41. The van der Waals surface area contributed by atoms with Gasteiger partial charge in [-0.2, -0.15) is 0 Å². The highest BCUT2D eigenvalue weighted by atomic mass is 19.2. The molecule has 1 aromatic carbocycles. The van der Waals surface area contributed by atoms with Crippen molar-refractivity contribution < 1.29 is 13.3 Å². The van der Waals surface area contributed by atoms with E-state index in [0.717, 1.165) is 67.4 Å². The second-order valence-corrected chi connectivity index (χ2v) is 7.49. The van der Waals surface area contributed by atoms with Gasteiger partial charge in [0.1, 0.15) is 5.76 Å². The molecule has 3 rings (SSSR count). The SMILES string of the molecule is CN=C(NCCc1c(C)noc1C)NC1CCN(Cc2ccc(F)c(F)c2)CC1. The van der Waals surface area contributed by atoms with Gasteiger partial charge < -0.3 is 15.2 Å². The van der Waals surface area contributed by atoms with E-state index in [0.29, 0.717) is 12.6 Å². The van der Waals surface area contributed by atoms with E-state index < -0.39 is 11.6 Å². The molecule has 1 saturated heterocycles. The van der Waals surface area contributed by atoms with Crippen LogP contribution in [0.3, 0.4) is 0 Å². The summed E-state index contributed by atoms with van der Waals surface area (Å²) in [5, 5.41) is 10.8. The Morgan fingerprint density at radius 1 is 1.24 bits per heavy atom. The molecule has 1 fully saturated rings. The number of benzene rings is 1. The number of hydrogen-bond acceptors (Lipinski definition) is 4. The molecular weight excluding hydrogens is 376 g/mol. The summed E-state index contributed by atoms with van der Waals surface area (Å²) in [5.74, 6) is 0.0619. The summed E-state index contributed by atoms with van der Waals surface area (Å²) in [6.07, 6.45) is 2.76. The zero-order valence-electron chi connectivity index (χ0n) is 17.3. The lowest BCUT2D eigenvalue weighted by Crippen LogP contribution is -2.48. The molecule has 6 nitrogen and oxygen atoms in total. The molecule has 0 radical (unpaired) electrons. The molecule has 8 heteroatoms. The Labute approximate surface area is 170 Å². The molecule has 2 aromatic rings.